The third-order valence-electron chi connectivity index (χ3n) is 3.25. The smallest absolute Gasteiger partial charge is 0.257 e. The van der Waals surface area contributed by atoms with Crippen molar-refractivity contribution in [3.8, 4) is 10.8 Å². The van der Waals surface area contributed by atoms with Crippen LogP contribution in [-0.2, 0) is 6.54 Å². The topological polar surface area (TPSA) is 62.4 Å². The van der Waals surface area contributed by atoms with Crippen LogP contribution in [0.3, 0.4) is 0 Å². The average Bonchev–Trinajstić information content (AvgIpc) is 3.10. The zero-order chi connectivity index (χ0) is 12.4. The second-order valence-corrected chi connectivity index (χ2v) is 5.38. The van der Waals surface area contributed by atoms with Gasteiger partial charge in [0.25, 0.3) is 5.89 Å². The number of hydrogen-bond donors (Lipinski definition) is 1. The quantitative estimate of drug-likeness (QED) is 0.912. The molecule has 0 aliphatic carbocycles. The van der Waals surface area contributed by atoms with Crippen LogP contribution >= 0.6 is 11.3 Å². The first kappa shape index (κ1) is 11.8. The molecule has 0 aromatic carbocycles. The maximum Gasteiger partial charge on any atom is 0.257 e. The monoisotopic (exact) mass is 265 g/mol. The Kier molecular flexibility index (Phi) is 3.40. The van der Waals surface area contributed by atoms with E-state index in [-0.39, 0.29) is 12.6 Å². The van der Waals surface area contributed by atoms with E-state index in [4.69, 9.17) is 4.42 Å². The van der Waals surface area contributed by atoms with E-state index in [1.165, 1.54) is 0 Å². The van der Waals surface area contributed by atoms with Crippen molar-refractivity contribution < 1.29 is 9.52 Å². The van der Waals surface area contributed by atoms with Gasteiger partial charge in [-0.2, -0.15) is 0 Å². The van der Waals surface area contributed by atoms with E-state index in [9.17, 15) is 5.11 Å². The Labute approximate surface area is 109 Å². The Morgan fingerprint density at radius 3 is 3.22 bits per heavy atom. The predicted octanol–water partition coefficient (Wildman–Crippen LogP) is 1.75. The van der Waals surface area contributed by atoms with Crippen molar-refractivity contribution in [1.29, 1.82) is 0 Å². The van der Waals surface area contributed by atoms with Crippen molar-refractivity contribution in [3.05, 3.63) is 23.4 Å². The lowest BCUT2D eigenvalue weighted by molar-refractivity contribution is 0.144. The van der Waals surface area contributed by atoms with E-state index in [1.54, 1.807) is 11.3 Å². The number of aliphatic hydroxyl groups excluding tert-OH is 1. The molecule has 2 aromatic rings. The van der Waals surface area contributed by atoms with Crippen LogP contribution in [0.4, 0.5) is 0 Å². The van der Waals surface area contributed by atoms with Crippen molar-refractivity contribution in [2.75, 3.05) is 13.2 Å². The van der Waals surface area contributed by atoms with Crippen LogP contribution in [0.1, 0.15) is 18.7 Å². The van der Waals surface area contributed by atoms with E-state index in [2.05, 4.69) is 15.1 Å². The molecule has 96 valence electrons. The fourth-order valence-corrected chi connectivity index (χ4v) is 2.95. The Morgan fingerprint density at radius 2 is 2.44 bits per heavy atom. The highest BCUT2D eigenvalue weighted by Crippen LogP contribution is 2.24. The number of likely N-dealkylation sites (tertiary alicyclic amines) is 1. The zero-order valence-electron chi connectivity index (χ0n) is 9.95. The molecule has 1 aliphatic heterocycles. The van der Waals surface area contributed by atoms with Crippen molar-refractivity contribution in [2.45, 2.75) is 25.4 Å². The molecule has 18 heavy (non-hydrogen) atoms. The predicted molar refractivity (Wildman–Crippen MR) is 68.1 cm³/mol. The second-order valence-electron chi connectivity index (χ2n) is 4.43. The SMILES string of the molecule is OC[C@@H]1CCCN1Cc1nnc(-c2cccs2)o1. The van der Waals surface area contributed by atoms with Crippen LogP contribution in [0.15, 0.2) is 21.9 Å². The van der Waals surface area contributed by atoms with Gasteiger partial charge in [-0.1, -0.05) is 6.07 Å². The normalized spacial score (nSPS) is 20.6. The number of hydrogen-bond acceptors (Lipinski definition) is 6. The Morgan fingerprint density at radius 1 is 1.50 bits per heavy atom. The molecule has 0 unspecified atom stereocenters. The Hall–Kier alpha value is -1.24. The highest BCUT2D eigenvalue weighted by atomic mass is 32.1. The molecule has 3 rings (SSSR count). The molecule has 2 aromatic heterocycles. The van der Waals surface area contributed by atoms with E-state index in [0.29, 0.717) is 18.3 Å². The van der Waals surface area contributed by atoms with Gasteiger partial charge < -0.3 is 9.52 Å². The van der Waals surface area contributed by atoms with Gasteiger partial charge >= 0.3 is 0 Å². The summed E-state index contributed by atoms with van der Waals surface area (Å²) in [5, 5.41) is 19.4. The lowest BCUT2D eigenvalue weighted by Gasteiger charge is -2.20. The summed E-state index contributed by atoms with van der Waals surface area (Å²) in [6, 6.07) is 4.17. The fraction of sp³-hybridized carbons (Fsp3) is 0.500. The molecule has 1 aliphatic rings. The lowest BCUT2D eigenvalue weighted by Crippen LogP contribution is -2.31. The third kappa shape index (κ3) is 2.31. The van der Waals surface area contributed by atoms with Gasteiger partial charge in [-0.05, 0) is 30.8 Å². The number of nitrogens with zero attached hydrogens (tertiary/aromatic N) is 3. The summed E-state index contributed by atoms with van der Waals surface area (Å²) in [4.78, 5) is 3.19. The molecule has 0 spiro atoms. The summed E-state index contributed by atoms with van der Waals surface area (Å²) < 4.78 is 5.65. The maximum absolute atomic E-state index is 9.26. The second kappa shape index (κ2) is 5.17. The van der Waals surface area contributed by atoms with E-state index < -0.39 is 0 Å². The molecule has 1 N–H and O–H groups in total. The first-order chi connectivity index (χ1) is 8.86. The first-order valence-electron chi connectivity index (χ1n) is 6.08. The van der Waals surface area contributed by atoms with Crippen LogP contribution in [-0.4, -0.2) is 39.4 Å². The molecule has 0 bridgehead atoms. The van der Waals surface area contributed by atoms with Crippen molar-refractivity contribution in [3.63, 3.8) is 0 Å². The van der Waals surface area contributed by atoms with Gasteiger partial charge in [-0.25, -0.2) is 0 Å². The number of thiophene rings is 1. The molecule has 3 heterocycles. The molecule has 1 fully saturated rings. The minimum Gasteiger partial charge on any atom is -0.419 e. The van der Waals surface area contributed by atoms with Crippen molar-refractivity contribution in [1.82, 2.24) is 15.1 Å². The van der Waals surface area contributed by atoms with Gasteiger partial charge in [-0.3, -0.25) is 4.90 Å². The zero-order valence-corrected chi connectivity index (χ0v) is 10.8. The summed E-state index contributed by atoms with van der Waals surface area (Å²) >= 11 is 1.59. The van der Waals surface area contributed by atoms with Gasteiger partial charge in [0.15, 0.2) is 0 Å². The van der Waals surface area contributed by atoms with Gasteiger partial charge in [0, 0.05) is 6.04 Å². The van der Waals surface area contributed by atoms with E-state index >= 15 is 0 Å². The van der Waals surface area contributed by atoms with Crippen LogP contribution < -0.4 is 0 Å². The van der Waals surface area contributed by atoms with Crippen molar-refractivity contribution in [2.24, 2.45) is 0 Å². The Bertz CT molecular complexity index is 497. The summed E-state index contributed by atoms with van der Waals surface area (Å²) in [6.07, 6.45) is 2.17. The number of aliphatic hydroxyl groups is 1. The minimum atomic E-state index is 0.200. The molecule has 6 heteroatoms. The Balaban J connectivity index is 1.70. The highest BCUT2D eigenvalue weighted by molar-refractivity contribution is 7.13. The molecular weight excluding hydrogens is 250 g/mol. The molecule has 0 saturated carbocycles. The largest absolute Gasteiger partial charge is 0.419 e. The van der Waals surface area contributed by atoms with Crippen LogP contribution in [0, 0.1) is 0 Å². The molecule has 0 radical (unpaired) electrons. The van der Waals surface area contributed by atoms with E-state index in [1.807, 2.05) is 17.5 Å². The molecule has 1 atom stereocenters. The van der Waals surface area contributed by atoms with E-state index in [0.717, 1.165) is 24.3 Å². The standard InChI is InChI=1S/C12H15N3O2S/c16-8-9-3-1-5-15(9)7-11-13-14-12(17-11)10-4-2-6-18-10/h2,4,6,9,16H,1,3,5,7-8H2/t9-/m0/s1. The van der Waals surface area contributed by atoms with Crippen LogP contribution in [0.2, 0.25) is 0 Å². The molecular formula is C12H15N3O2S. The van der Waals surface area contributed by atoms with Gasteiger partial charge in [0.05, 0.1) is 18.0 Å². The fourth-order valence-electron chi connectivity index (χ4n) is 2.30. The average molecular weight is 265 g/mol. The highest BCUT2D eigenvalue weighted by Gasteiger charge is 2.25. The summed E-state index contributed by atoms with van der Waals surface area (Å²) in [5.41, 5.74) is 0. The van der Waals surface area contributed by atoms with Gasteiger partial charge in [0.2, 0.25) is 5.89 Å². The first-order valence-corrected chi connectivity index (χ1v) is 6.96. The van der Waals surface area contributed by atoms with Crippen molar-refractivity contribution >= 4 is 11.3 Å². The molecule has 1 saturated heterocycles. The van der Waals surface area contributed by atoms with Gasteiger partial charge in [0.1, 0.15) is 0 Å². The summed E-state index contributed by atoms with van der Waals surface area (Å²) in [5.74, 6) is 1.21. The lowest BCUT2D eigenvalue weighted by atomic mass is 10.2. The molecule has 0 amide bonds. The van der Waals surface area contributed by atoms with Crippen LogP contribution in [0.25, 0.3) is 10.8 Å². The maximum atomic E-state index is 9.26. The summed E-state index contributed by atoms with van der Waals surface area (Å²) in [6.45, 7) is 1.82. The summed E-state index contributed by atoms with van der Waals surface area (Å²) in [7, 11) is 0. The number of aromatic nitrogens is 2. The third-order valence-corrected chi connectivity index (χ3v) is 4.10. The number of rotatable bonds is 4. The van der Waals surface area contributed by atoms with Gasteiger partial charge in [-0.15, -0.1) is 21.5 Å². The minimum absolute atomic E-state index is 0.200. The van der Waals surface area contributed by atoms with Crippen LogP contribution in [0.5, 0.6) is 0 Å². The molecule has 5 nitrogen and oxygen atoms in total.